The van der Waals surface area contributed by atoms with Crippen molar-refractivity contribution < 1.29 is 13.2 Å². The number of aromatic nitrogens is 2. The summed E-state index contributed by atoms with van der Waals surface area (Å²) in [7, 11) is 0. The van der Waals surface area contributed by atoms with E-state index in [9.17, 15) is 13.2 Å². The molecule has 1 aliphatic rings. The fraction of sp³-hybridized carbons (Fsp3) is 0.286. The van der Waals surface area contributed by atoms with E-state index in [1.807, 2.05) is 25.1 Å². The number of alkyl halides is 3. The summed E-state index contributed by atoms with van der Waals surface area (Å²) in [4.78, 5) is 11.0. The van der Waals surface area contributed by atoms with Gasteiger partial charge in [-0.2, -0.15) is 13.2 Å². The number of rotatable bonds is 6. The molecule has 7 heteroatoms. The molecule has 4 nitrogen and oxygen atoms in total. The van der Waals surface area contributed by atoms with Gasteiger partial charge in [0.2, 0.25) is 0 Å². The lowest BCUT2D eigenvalue weighted by Crippen LogP contribution is -2.26. The Morgan fingerprint density at radius 3 is 2.63 bits per heavy atom. The molecule has 2 aromatic carbocycles. The molecule has 2 heterocycles. The van der Waals surface area contributed by atoms with Gasteiger partial charge < -0.3 is 5.32 Å². The number of anilines is 1. The largest absolute Gasteiger partial charge is 0.416 e. The number of nitrogens with zero attached hydrogens (tertiary/aromatic N) is 3. The number of hydrogen-bond acceptors (Lipinski definition) is 4. The maximum Gasteiger partial charge on any atom is 0.416 e. The number of nitrogens with one attached hydrogen (secondary N) is 1. The fourth-order valence-electron chi connectivity index (χ4n) is 4.26. The van der Waals surface area contributed by atoms with E-state index in [1.54, 1.807) is 6.07 Å². The van der Waals surface area contributed by atoms with Crippen LogP contribution in [0.4, 0.5) is 19.0 Å². The minimum Gasteiger partial charge on any atom is -0.340 e. The number of halogens is 3. The molecule has 35 heavy (non-hydrogen) atoms. The van der Waals surface area contributed by atoms with E-state index in [-0.39, 0.29) is 0 Å². The van der Waals surface area contributed by atoms with E-state index in [4.69, 9.17) is 0 Å². The molecule has 0 radical (unpaired) electrons. The second-order valence-electron chi connectivity index (χ2n) is 8.73. The van der Waals surface area contributed by atoms with Crippen LogP contribution in [-0.4, -0.2) is 14.9 Å². The van der Waals surface area contributed by atoms with Gasteiger partial charge in [-0.15, -0.1) is 0 Å². The number of allylic oxidation sites excluding steroid dienone is 2. The zero-order valence-electron chi connectivity index (χ0n) is 20.2. The Hall–Kier alpha value is -3.45. The highest BCUT2D eigenvalue weighted by Gasteiger charge is 2.31. The second-order valence-corrected chi connectivity index (χ2v) is 8.73. The van der Waals surface area contributed by atoms with Crippen LogP contribution in [0.25, 0.3) is 11.6 Å². The standard InChI is InChI=1S/C28H29F3N4/c1-4-19(3)24-12-7-6-10-21(24)14-23(5-2)34-27-25-16-35(17-26(25)32-18-33-27)15-20-9-8-11-22(13-20)28(29,30)31/h5-14,18H,4,15-17H2,1-3H3,(H,32,33,34)/b21-14-,23-5+,24-19+. The summed E-state index contributed by atoms with van der Waals surface area (Å²) in [5, 5.41) is 5.79. The number of benzene rings is 2. The van der Waals surface area contributed by atoms with Crippen molar-refractivity contribution >= 4 is 17.5 Å². The Balaban J connectivity index is 1.56. The molecular weight excluding hydrogens is 449 g/mol. The van der Waals surface area contributed by atoms with Crippen LogP contribution in [0, 0.1) is 0 Å². The van der Waals surface area contributed by atoms with Crippen LogP contribution in [-0.2, 0) is 25.8 Å². The fourth-order valence-corrected chi connectivity index (χ4v) is 4.26. The van der Waals surface area contributed by atoms with Crippen LogP contribution in [0.5, 0.6) is 0 Å². The molecule has 0 bridgehead atoms. The van der Waals surface area contributed by atoms with Crippen molar-refractivity contribution in [2.45, 2.75) is 53.0 Å². The molecule has 182 valence electrons. The number of fused-ring (bicyclic) bond motifs is 1. The maximum atomic E-state index is 13.1. The van der Waals surface area contributed by atoms with Gasteiger partial charge in [-0.25, -0.2) is 9.97 Å². The molecule has 1 aromatic heterocycles. The average Bonchev–Trinajstić information content (AvgIpc) is 3.26. The van der Waals surface area contributed by atoms with E-state index >= 15 is 0 Å². The van der Waals surface area contributed by atoms with E-state index in [0.717, 1.165) is 40.5 Å². The summed E-state index contributed by atoms with van der Waals surface area (Å²) in [5.41, 5.74) is 4.09. The predicted octanol–water partition coefficient (Wildman–Crippen LogP) is 5.39. The monoisotopic (exact) mass is 478 g/mol. The van der Waals surface area contributed by atoms with Crippen molar-refractivity contribution in [3.8, 4) is 0 Å². The lowest BCUT2D eigenvalue weighted by molar-refractivity contribution is -0.137. The molecular formula is C28H29F3N4. The van der Waals surface area contributed by atoms with Crippen molar-refractivity contribution in [3.05, 3.63) is 99.5 Å². The molecule has 3 aromatic rings. The molecule has 1 aliphatic heterocycles. The van der Waals surface area contributed by atoms with Crippen LogP contribution < -0.4 is 15.8 Å². The van der Waals surface area contributed by atoms with Crippen LogP contribution in [0.15, 0.2) is 66.6 Å². The predicted molar refractivity (Wildman–Crippen MR) is 133 cm³/mol. The Morgan fingerprint density at radius 2 is 1.89 bits per heavy atom. The van der Waals surface area contributed by atoms with E-state index in [2.05, 4.69) is 52.2 Å². The lowest BCUT2D eigenvalue weighted by Gasteiger charge is -2.16. The first kappa shape index (κ1) is 24.7. The minimum atomic E-state index is -4.35. The van der Waals surface area contributed by atoms with Gasteiger partial charge in [-0.05, 0) is 48.4 Å². The molecule has 0 amide bonds. The van der Waals surface area contributed by atoms with Crippen LogP contribution in [0.3, 0.4) is 0 Å². The third kappa shape index (κ3) is 5.80. The molecule has 0 aliphatic carbocycles. The van der Waals surface area contributed by atoms with Gasteiger partial charge >= 0.3 is 6.18 Å². The number of hydrogen-bond donors (Lipinski definition) is 1. The quantitative estimate of drug-likeness (QED) is 0.516. The molecule has 0 fully saturated rings. The Morgan fingerprint density at radius 1 is 1.09 bits per heavy atom. The third-order valence-electron chi connectivity index (χ3n) is 6.29. The van der Waals surface area contributed by atoms with Crippen molar-refractivity contribution in [3.63, 3.8) is 0 Å². The highest BCUT2D eigenvalue weighted by Crippen LogP contribution is 2.31. The Kier molecular flexibility index (Phi) is 7.36. The molecule has 4 rings (SSSR count). The zero-order chi connectivity index (χ0) is 25.0. The topological polar surface area (TPSA) is 41.1 Å². The molecule has 0 saturated heterocycles. The lowest BCUT2D eigenvalue weighted by atomic mass is 10.1. The first-order chi connectivity index (χ1) is 16.8. The van der Waals surface area contributed by atoms with E-state index in [0.29, 0.717) is 25.2 Å². The minimum absolute atomic E-state index is 0.405. The Bertz CT molecular complexity index is 1360. The molecule has 0 spiro atoms. The van der Waals surface area contributed by atoms with Gasteiger partial charge in [0.25, 0.3) is 0 Å². The third-order valence-corrected chi connectivity index (χ3v) is 6.29. The van der Waals surface area contributed by atoms with Crippen LogP contribution >= 0.6 is 0 Å². The van der Waals surface area contributed by atoms with Gasteiger partial charge in [-0.3, -0.25) is 4.90 Å². The maximum absolute atomic E-state index is 13.1. The normalized spacial score (nSPS) is 15.8. The van der Waals surface area contributed by atoms with Gasteiger partial charge in [0.1, 0.15) is 12.1 Å². The van der Waals surface area contributed by atoms with Crippen molar-refractivity contribution in [1.29, 1.82) is 0 Å². The summed E-state index contributed by atoms with van der Waals surface area (Å²) >= 11 is 0. The Labute approximate surface area is 203 Å². The van der Waals surface area contributed by atoms with Crippen molar-refractivity contribution in [1.82, 2.24) is 14.9 Å². The summed E-state index contributed by atoms with van der Waals surface area (Å²) in [6.45, 7) is 7.79. The summed E-state index contributed by atoms with van der Waals surface area (Å²) in [6, 6.07) is 13.8. The summed E-state index contributed by atoms with van der Waals surface area (Å²) in [5.74, 6) is 0.722. The van der Waals surface area contributed by atoms with Gasteiger partial charge in [0.05, 0.1) is 11.3 Å². The average molecular weight is 479 g/mol. The first-order valence-corrected chi connectivity index (χ1v) is 11.7. The highest BCUT2D eigenvalue weighted by atomic mass is 19.4. The molecule has 1 N–H and O–H groups in total. The molecule has 0 unspecified atom stereocenters. The van der Waals surface area contributed by atoms with Gasteiger partial charge in [0.15, 0.2) is 0 Å². The van der Waals surface area contributed by atoms with Gasteiger partial charge in [0, 0.05) is 30.9 Å². The van der Waals surface area contributed by atoms with Crippen molar-refractivity contribution in [2.75, 3.05) is 5.32 Å². The van der Waals surface area contributed by atoms with Gasteiger partial charge in [-0.1, -0.05) is 61.0 Å². The van der Waals surface area contributed by atoms with Crippen LogP contribution in [0.1, 0.15) is 49.6 Å². The smallest absolute Gasteiger partial charge is 0.340 e. The van der Waals surface area contributed by atoms with E-state index in [1.165, 1.54) is 29.3 Å². The summed E-state index contributed by atoms with van der Waals surface area (Å²) < 4.78 is 39.3. The molecule has 0 saturated carbocycles. The van der Waals surface area contributed by atoms with Crippen LogP contribution in [0.2, 0.25) is 0 Å². The zero-order valence-corrected chi connectivity index (χ0v) is 20.2. The summed E-state index contributed by atoms with van der Waals surface area (Å²) in [6.07, 6.45) is 2.27. The molecule has 0 atom stereocenters. The highest BCUT2D eigenvalue weighted by molar-refractivity contribution is 5.61. The second kappa shape index (κ2) is 10.4. The first-order valence-electron chi connectivity index (χ1n) is 11.7. The SMILES string of the molecule is C\C=C(/C=c1/cccc/c1=C(/C)CC)Nc1ncnc2c1CN(Cc1cccc(C(F)(F)F)c1)C2. The van der Waals surface area contributed by atoms with E-state index < -0.39 is 11.7 Å². The van der Waals surface area contributed by atoms with Crippen molar-refractivity contribution in [2.24, 2.45) is 0 Å².